The first-order chi connectivity index (χ1) is 10.2. The number of benzene rings is 1. The Morgan fingerprint density at radius 2 is 1.95 bits per heavy atom. The summed E-state index contributed by atoms with van der Waals surface area (Å²) in [5.41, 5.74) is 5.81. The molecule has 0 saturated heterocycles. The van der Waals surface area contributed by atoms with Crippen molar-refractivity contribution in [2.24, 2.45) is 5.73 Å². The highest BCUT2D eigenvalue weighted by Gasteiger charge is 2.20. The summed E-state index contributed by atoms with van der Waals surface area (Å²) in [4.78, 5) is 16.2. The van der Waals surface area contributed by atoms with Crippen molar-refractivity contribution >= 4 is 29.1 Å². The van der Waals surface area contributed by atoms with Crippen molar-refractivity contribution in [3.05, 3.63) is 39.9 Å². The van der Waals surface area contributed by atoms with Gasteiger partial charge in [-0.1, -0.05) is 29.3 Å². The molecule has 2 rings (SSSR count). The zero-order valence-corrected chi connectivity index (χ0v) is 14.0. The van der Waals surface area contributed by atoms with Crippen LogP contribution in [0.25, 0.3) is 5.69 Å². The summed E-state index contributed by atoms with van der Waals surface area (Å²) in [5, 5.41) is 7.73. The predicted octanol–water partition coefficient (Wildman–Crippen LogP) is 2.35. The van der Waals surface area contributed by atoms with Crippen LogP contribution in [-0.2, 0) is 0 Å². The number of para-hydroxylation sites is 1. The average molecular weight is 342 g/mol. The quantitative estimate of drug-likeness (QED) is 0.893. The molecule has 22 heavy (non-hydrogen) atoms. The van der Waals surface area contributed by atoms with Crippen molar-refractivity contribution in [3.63, 3.8) is 0 Å². The van der Waals surface area contributed by atoms with Gasteiger partial charge in [0.2, 0.25) is 5.82 Å². The molecule has 0 aliphatic carbocycles. The van der Waals surface area contributed by atoms with Gasteiger partial charge in [0.05, 0.1) is 10.0 Å². The molecule has 1 aromatic carbocycles. The van der Waals surface area contributed by atoms with E-state index in [0.29, 0.717) is 28.1 Å². The van der Waals surface area contributed by atoms with Crippen molar-refractivity contribution in [2.75, 3.05) is 6.54 Å². The number of nitrogens with one attached hydrogen (secondary N) is 1. The molecule has 1 heterocycles. The van der Waals surface area contributed by atoms with Gasteiger partial charge in [-0.25, -0.2) is 9.67 Å². The molecule has 0 aliphatic heterocycles. The minimum Gasteiger partial charge on any atom is -0.347 e. The van der Waals surface area contributed by atoms with Crippen LogP contribution in [0.15, 0.2) is 18.2 Å². The molecule has 0 bridgehead atoms. The van der Waals surface area contributed by atoms with Gasteiger partial charge in [0, 0.05) is 12.1 Å². The third-order valence-electron chi connectivity index (χ3n) is 2.83. The molecule has 0 aliphatic rings. The highest BCUT2D eigenvalue weighted by molar-refractivity contribution is 6.37. The molecule has 0 unspecified atom stereocenters. The van der Waals surface area contributed by atoms with Crippen LogP contribution in [0.4, 0.5) is 0 Å². The molecule has 0 spiro atoms. The van der Waals surface area contributed by atoms with Crippen LogP contribution in [0.2, 0.25) is 10.0 Å². The molecule has 2 aromatic rings. The minimum atomic E-state index is -0.515. The summed E-state index contributed by atoms with van der Waals surface area (Å²) in [5.74, 6) is 0.147. The monoisotopic (exact) mass is 341 g/mol. The number of amides is 1. The molecule has 6 nitrogen and oxygen atoms in total. The molecule has 0 atom stereocenters. The number of hydrogen-bond acceptors (Lipinski definition) is 4. The molecular weight excluding hydrogens is 325 g/mol. The maximum absolute atomic E-state index is 12.1. The molecule has 1 aromatic heterocycles. The van der Waals surface area contributed by atoms with E-state index in [4.69, 9.17) is 28.9 Å². The highest BCUT2D eigenvalue weighted by atomic mass is 35.5. The Kier molecular flexibility index (Phi) is 4.75. The zero-order valence-electron chi connectivity index (χ0n) is 12.5. The fraction of sp³-hybridized carbons (Fsp3) is 0.357. The summed E-state index contributed by atoms with van der Waals surface area (Å²) in [6.45, 7) is 5.66. The van der Waals surface area contributed by atoms with Gasteiger partial charge in [0.15, 0.2) is 0 Å². The number of nitrogens with zero attached hydrogens (tertiary/aromatic N) is 3. The van der Waals surface area contributed by atoms with Gasteiger partial charge in [-0.2, -0.15) is 0 Å². The summed E-state index contributed by atoms with van der Waals surface area (Å²) in [7, 11) is 0. The van der Waals surface area contributed by atoms with Crippen molar-refractivity contribution in [2.45, 2.75) is 26.3 Å². The van der Waals surface area contributed by atoms with E-state index in [2.05, 4.69) is 15.4 Å². The van der Waals surface area contributed by atoms with E-state index in [1.165, 1.54) is 4.68 Å². The van der Waals surface area contributed by atoms with Crippen LogP contribution in [0.5, 0.6) is 0 Å². The zero-order chi connectivity index (χ0) is 16.5. The standard InChI is InChI=1S/C14H17Cl2N5O/c1-8-19-12(13(22)18-7-14(2,3)17)20-21(8)11-9(15)5-4-6-10(11)16/h4-6H,7,17H2,1-3H3,(H,18,22). The molecular formula is C14H17Cl2N5O. The van der Waals surface area contributed by atoms with E-state index in [9.17, 15) is 4.79 Å². The van der Waals surface area contributed by atoms with Gasteiger partial charge in [-0.05, 0) is 32.9 Å². The predicted molar refractivity (Wildman–Crippen MR) is 86.7 cm³/mol. The molecule has 0 saturated carbocycles. The Hall–Kier alpha value is -1.63. The minimum absolute atomic E-state index is 0.0396. The van der Waals surface area contributed by atoms with E-state index in [1.807, 2.05) is 13.8 Å². The maximum atomic E-state index is 12.1. The van der Waals surface area contributed by atoms with Gasteiger partial charge in [-0.3, -0.25) is 4.79 Å². The van der Waals surface area contributed by atoms with Gasteiger partial charge in [0.1, 0.15) is 11.5 Å². The Balaban J connectivity index is 2.31. The molecule has 1 amide bonds. The second-order valence-corrected chi connectivity index (χ2v) is 6.45. The Morgan fingerprint density at radius 3 is 2.50 bits per heavy atom. The normalized spacial score (nSPS) is 11.5. The van der Waals surface area contributed by atoms with Crippen molar-refractivity contribution < 1.29 is 4.79 Å². The average Bonchev–Trinajstić information content (AvgIpc) is 2.77. The lowest BCUT2D eigenvalue weighted by atomic mass is 10.1. The van der Waals surface area contributed by atoms with Crippen LogP contribution < -0.4 is 11.1 Å². The number of carbonyl (C=O) groups is 1. The van der Waals surface area contributed by atoms with E-state index in [-0.39, 0.29) is 5.82 Å². The number of carbonyl (C=O) groups excluding carboxylic acids is 1. The van der Waals surface area contributed by atoms with Crippen LogP contribution in [0.3, 0.4) is 0 Å². The number of aryl methyl sites for hydroxylation is 1. The molecule has 8 heteroatoms. The highest BCUT2D eigenvalue weighted by Crippen LogP contribution is 2.28. The summed E-state index contributed by atoms with van der Waals surface area (Å²) >= 11 is 12.3. The lowest BCUT2D eigenvalue weighted by Crippen LogP contribution is -2.45. The van der Waals surface area contributed by atoms with Crippen LogP contribution >= 0.6 is 23.2 Å². The third kappa shape index (κ3) is 3.76. The fourth-order valence-electron chi connectivity index (χ4n) is 1.78. The Morgan fingerprint density at radius 1 is 1.36 bits per heavy atom. The number of rotatable bonds is 4. The van der Waals surface area contributed by atoms with Gasteiger partial charge in [0.25, 0.3) is 5.91 Å². The van der Waals surface area contributed by atoms with E-state index >= 15 is 0 Å². The first kappa shape index (κ1) is 16.7. The van der Waals surface area contributed by atoms with Crippen LogP contribution in [0, 0.1) is 6.92 Å². The van der Waals surface area contributed by atoms with Crippen LogP contribution in [-0.4, -0.2) is 32.8 Å². The largest absolute Gasteiger partial charge is 0.347 e. The number of halogens is 2. The topological polar surface area (TPSA) is 85.8 Å². The SMILES string of the molecule is Cc1nc(C(=O)NCC(C)(C)N)nn1-c1c(Cl)cccc1Cl. The number of aromatic nitrogens is 3. The van der Waals surface area contributed by atoms with E-state index in [0.717, 1.165) is 0 Å². The second kappa shape index (κ2) is 6.24. The Labute approximate surface area is 138 Å². The molecule has 118 valence electrons. The molecule has 3 N–H and O–H groups in total. The van der Waals surface area contributed by atoms with Crippen LogP contribution in [0.1, 0.15) is 30.3 Å². The first-order valence-electron chi connectivity index (χ1n) is 6.64. The fourth-order valence-corrected chi connectivity index (χ4v) is 2.33. The van der Waals surface area contributed by atoms with Crippen molar-refractivity contribution in [1.82, 2.24) is 20.1 Å². The van der Waals surface area contributed by atoms with Crippen molar-refractivity contribution in [1.29, 1.82) is 0 Å². The van der Waals surface area contributed by atoms with Gasteiger partial charge in [-0.15, -0.1) is 5.10 Å². The maximum Gasteiger partial charge on any atom is 0.291 e. The second-order valence-electron chi connectivity index (χ2n) is 5.64. The lowest BCUT2D eigenvalue weighted by molar-refractivity contribution is 0.0935. The Bertz CT molecular complexity index is 685. The van der Waals surface area contributed by atoms with E-state index < -0.39 is 11.4 Å². The summed E-state index contributed by atoms with van der Waals surface area (Å²) in [6.07, 6.45) is 0. The smallest absolute Gasteiger partial charge is 0.291 e. The first-order valence-corrected chi connectivity index (χ1v) is 7.40. The van der Waals surface area contributed by atoms with Gasteiger partial charge < -0.3 is 11.1 Å². The molecule has 0 fully saturated rings. The summed E-state index contributed by atoms with van der Waals surface area (Å²) < 4.78 is 1.45. The summed E-state index contributed by atoms with van der Waals surface area (Å²) in [6, 6.07) is 5.12. The molecule has 0 radical (unpaired) electrons. The lowest BCUT2D eigenvalue weighted by Gasteiger charge is -2.18. The van der Waals surface area contributed by atoms with Gasteiger partial charge >= 0.3 is 0 Å². The third-order valence-corrected chi connectivity index (χ3v) is 3.44. The van der Waals surface area contributed by atoms with Crippen molar-refractivity contribution in [3.8, 4) is 5.69 Å². The number of hydrogen-bond donors (Lipinski definition) is 2. The number of nitrogens with two attached hydrogens (primary N) is 1. The van der Waals surface area contributed by atoms with E-state index in [1.54, 1.807) is 25.1 Å².